The van der Waals surface area contributed by atoms with Crippen molar-refractivity contribution in [2.75, 3.05) is 6.54 Å². The number of pyridine rings is 1. The van der Waals surface area contributed by atoms with Crippen molar-refractivity contribution in [3.05, 3.63) is 46.2 Å². The van der Waals surface area contributed by atoms with Crippen LogP contribution in [-0.2, 0) is 6.54 Å². The third-order valence-corrected chi connectivity index (χ3v) is 5.81. The molecule has 3 nitrogen and oxygen atoms in total. The Kier molecular flexibility index (Phi) is 3.21. The number of para-hydroxylation sites is 1. The molecule has 3 rings (SSSR count). The molecule has 0 saturated heterocycles. The number of benzene rings is 1. The Morgan fingerprint density at radius 3 is 2.48 bits per heavy atom. The SMILES string of the molecule is CC1(C)C(CNCc2cc3ccccc3[nH]c2=O)C1(C)C. The Morgan fingerprint density at radius 2 is 1.81 bits per heavy atom. The second kappa shape index (κ2) is 4.70. The molecule has 1 aromatic heterocycles. The number of aromatic amines is 1. The summed E-state index contributed by atoms with van der Waals surface area (Å²) < 4.78 is 0. The van der Waals surface area contributed by atoms with Gasteiger partial charge in [0.1, 0.15) is 0 Å². The second-order valence-corrected chi connectivity index (χ2v) is 7.34. The van der Waals surface area contributed by atoms with Crippen LogP contribution in [0, 0.1) is 16.7 Å². The normalized spacial score (nSPS) is 19.8. The number of H-pyrrole nitrogens is 1. The predicted molar refractivity (Wildman–Crippen MR) is 87.3 cm³/mol. The molecule has 0 bridgehead atoms. The van der Waals surface area contributed by atoms with Crippen molar-refractivity contribution in [2.24, 2.45) is 16.7 Å². The first-order chi connectivity index (χ1) is 9.84. The van der Waals surface area contributed by atoms with Crippen molar-refractivity contribution >= 4 is 10.9 Å². The molecular weight excluding hydrogens is 260 g/mol. The molecule has 0 spiro atoms. The molecule has 0 unspecified atom stereocenters. The molecule has 0 aliphatic heterocycles. The highest BCUT2D eigenvalue weighted by Gasteiger charge is 2.63. The first-order valence-corrected chi connectivity index (χ1v) is 7.66. The fourth-order valence-corrected chi connectivity index (χ4v) is 3.52. The Labute approximate surface area is 125 Å². The van der Waals surface area contributed by atoms with Gasteiger partial charge in [0.25, 0.3) is 5.56 Å². The second-order valence-electron chi connectivity index (χ2n) is 7.34. The van der Waals surface area contributed by atoms with Gasteiger partial charge in [0.2, 0.25) is 0 Å². The first-order valence-electron chi connectivity index (χ1n) is 7.66. The molecule has 1 saturated carbocycles. The van der Waals surface area contributed by atoms with E-state index in [0.29, 0.717) is 23.3 Å². The van der Waals surface area contributed by atoms with E-state index in [4.69, 9.17) is 0 Å². The van der Waals surface area contributed by atoms with E-state index in [9.17, 15) is 4.79 Å². The van der Waals surface area contributed by atoms with Gasteiger partial charge < -0.3 is 10.3 Å². The van der Waals surface area contributed by atoms with Gasteiger partial charge in [-0.15, -0.1) is 0 Å². The first kappa shape index (κ1) is 14.3. The molecule has 3 heteroatoms. The van der Waals surface area contributed by atoms with Crippen molar-refractivity contribution in [1.82, 2.24) is 10.3 Å². The van der Waals surface area contributed by atoms with Crippen LogP contribution in [0.1, 0.15) is 33.3 Å². The molecule has 0 radical (unpaired) electrons. The average molecular weight is 284 g/mol. The van der Waals surface area contributed by atoms with E-state index in [1.165, 1.54) is 0 Å². The number of hydrogen-bond acceptors (Lipinski definition) is 2. The van der Waals surface area contributed by atoms with Crippen LogP contribution >= 0.6 is 0 Å². The van der Waals surface area contributed by atoms with Crippen LogP contribution in [-0.4, -0.2) is 11.5 Å². The minimum absolute atomic E-state index is 0.00974. The summed E-state index contributed by atoms with van der Waals surface area (Å²) in [5.74, 6) is 0.671. The monoisotopic (exact) mass is 284 g/mol. The molecule has 2 N–H and O–H groups in total. The molecular formula is C18H24N2O. The van der Waals surface area contributed by atoms with Crippen molar-refractivity contribution in [1.29, 1.82) is 0 Å². The average Bonchev–Trinajstić information content (AvgIpc) is 2.81. The minimum Gasteiger partial charge on any atom is -0.322 e. The standard InChI is InChI=1S/C18H24N2O/c1-17(2)15(18(17,3)4)11-19-10-13-9-12-7-5-6-8-14(12)20-16(13)21/h5-9,15,19H,10-11H2,1-4H3,(H,20,21). The molecule has 0 amide bonds. The molecule has 1 aliphatic carbocycles. The van der Waals surface area contributed by atoms with Crippen LogP contribution in [0.2, 0.25) is 0 Å². The van der Waals surface area contributed by atoms with Gasteiger partial charge in [0, 0.05) is 17.6 Å². The van der Waals surface area contributed by atoms with Crippen LogP contribution in [0.3, 0.4) is 0 Å². The number of rotatable bonds is 4. The van der Waals surface area contributed by atoms with Gasteiger partial charge in [-0.25, -0.2) is 0 Å². The van der Waals surface area contributed by atoms with E-state index in [1.54, 1.807) is 0 Å². The summed E-state index contributed by atoms with van der Waals surface area (Å²) in [6, 6.07) is 9.88. The highest BCUT2D eigenvalue weighted by Crippen LogP contribution is 2.67. The van der Waals surface area contributed by atoms with E-state index in [2.05, 4.69) is 38.0 Å². The lowest BCUT2D eigenvalue weighted by molar-refractivity contribution is 0.457. The molecule has 21 heavy (non-hydrogen) atoms. The molecule has 112 valence electrons. The molecule has 0 atom stereocenters. The smallest absolute Gasteiger partial charge is 0.252 e. The summed E-state index contributed by atoms with van der Waals surface area (Å²) >= 11 is 0. The number of hydrogen-bond donors (Lipinski definition) is 2. The van der Waals surface area contributed by atoms with Gasteiger partial charge >= 0.3 is 0 Å². The van der Waals surface area contributed by atoms with Crippen molar-refractivity contribution in [2.45, 2.75) is 34.2 Å². The van der Waals surface area contributed by atoms with Crippen LogP contribution in [0.5, 0.6) is 0 Å². The van der Waals surface area contributed by atoms with Gasteiger partial charge in [-0.2, -0.15) is 0 Å². The molecule has 1 fully saturated rings. The fraction of sp³-hybridized carbons (Fsp3) is 0.500. The van der Waals surface area contributed by atoms with E-state index in [-0.39, 0.29) is 5.56 Å². The van der Waals surface area contributed by atoms with Crippen molar-refractivity contribution in [3.63, 3.8) is 0 Å². The molecule has 1 aromatic carbocycles. The summed E-state index contributed by atoms with van der Waals surface area (Å²) in [7, 11) is 0. The van der Waals surface area contributed by atoms with Crippen LogP contribution in [0.25, 0.3) is 10.9 Å². The summed E-state index contributed by atoms with van der Waals surface area (Å²) in [4.78, 5) is 15.0. The zero-order valence-corrected chi connectivity index (χ0v) is 13.3. The quantitative estimate of drug-likeness (QED) is 0.905. The van der Waals surface area contributed by atoms with Gasteiger partial charge in [0.05, 0.1) is 0 Å². The van der Waals surface area contributed by atoms with E-state index in [0.717, 1.165) is 23.0 Å². The van der Waals surface area contributed by atoms with Gasteiger partial charge in [-0.3, -0.25) is 4.79 Å². The lowest BCUT2D eigenvalue weighted by Gasteiger charge is -2.07. The van der Waals surface area contributed by atoms with Crippen LogP contribution in [0.4, 0.5) is 0 Å². The maximum absolute atomic E-state index is 12.1. The predicted octanol–water partition coefficient (Wildman–Crippen LogP) is 3.30. The third kappa shape index (κ3) is 2.30. The topological polar surface area (TPSA) is 44.9 Å². The molecule has 1 heterocycles. The van der Waals surface area contributed by atoms with Crippen LogP contribution in [0.15, 0.2) is 35.1 Å². The highest BCUT2D eigenvalue weighted by atomic mass is 16.1. The van der Waals surface area contributed by atoms with E-state index < -0.39 is 0 Å². The van der Waals surface area contributed by atoms with E-state index in [1.807, 2.05) is 30.3 Å². The van der Waals surface area contributed by atoms with Gasteiger partial charge in [0.15, 0.2) is 0 Å². The Hall–Kier alpha value is -1.61. The molecule has 1 aliphatic rings. The maximum Gasteiger partial charge on any atom is 0.252 e. The van der Waals surface area contributed by atoms with Gasteiger partial charge in [-0.1, -0.05) is 45.9 Å². The highest BCUT2D eigenvalue weighted by molar-refractivity contribution is 5.78. The zero-order valence-electron chi connectivity index (χ0n) is 13.3. The van der Waals surface area contributed by atoms with Gasteiger partial charge in [-0.05, 0) is 40.8 Å². The minimum atomic E-state index is 0.00974. The fourth-order valence-electron chi connectivity index (χ4n) is 3.52. The largest absolute Gasteiger partial charge is 0.322 e. The summed E-state index contributed by atoms with van der Waals surface area (Å²) in [5, 5.41) is 4.54. The number of fused-ring (bicyclic) bond motifs is 1. The third-order valence-electron chi connectivity index (χ3n) is 5.81. The van der Waals surface area contributed by atoms with Crippen molar-refractivity contribution in [3.8, 4) is 0 Å². The zero-order chi connectivity index (χ0) is 15.3. The summed E-state index contributed by atoms with van der Waals surface area (Å²) in [5.41, 5.74) is 2.49. The number of aromatic nitrogens is 1. The molecule has 2 aromatic rings. The summed E-state index contributed by atoms with van der Waals surface area (Å²) in [6.45, 7) is 10.9. The van der Waals surface area contributed by atoms with E-state index >= 15 is 0 Å². The van der Waals surface area contributed by atoms with Crippen molar-refractivity contribution < 1.29 is 0 Å². The lowest BCUT2D eigenvalue weighted by Crippen LogP contribution is -2.24. The van der Waals surface area contributed by atoms with Crippen LogP contribution < -0.4 is 10.9 Å². The lowest BCUT2D eigenvalue weighted by atomic mass is 10.0. The maximum atomic E-state index is 12.1. The Balaban J connectivity index is 1.69. The summed E-state index contributed by atoms with van der Waals surface area (Å²) in [6.07, 6.45) is 0. The Morgan fingerprint density at radius 1 is 1.14 bits per heavy atom. The number of nitrogens with one attached hydrogen (secondary N) is 2. The Bertz CT molecular complexity index is 713.